The molecular weight excluding hydrogens is 322 g/mol. The smallest absolute Gasteiger partial charge is 0.236 e. The number of carbonyl (C=O) groups is 1. The molecule has 3 aromatic rings. The van der Waals surface area contributed by atoms with Gasteiger partial charge in [0.2, 0.25) is 11.8 Å². The van der Waals surface area contributed by atoms with E-state index >= 15 is 0 Å². The van der Waals surface area contributed by atoms with Gasteiger partial charge >= 0.3 is 0 Å². The van der Waals surface area contributed by atoms with E-state index in [2.05, 4.69) is 22.0 Å². The third-order valence-corrected chi connectivity index (χ3v) is 5.18. The maximum atomic E-state index is 11.9. The number of nitrogens with two attached hydrogens (primary N) is 1. The summed E-state index contributed by atoms with van der Waals surface area (Å²) in [7, 11) is 0. The van der Waals surface area contributed by atoms with Crippen LogP contribution in [0.5, 0.6) is 0 Å². The highest BCUT2D eigenvalue weighted by molar-refractivity contribution is 7.13. The Balaban J connectivity index is 1.57. The van der Waals surface area contributed by atoms with E-state index in [9.17, 15) is 4.79 Å². The maximum Gasteiger partial charge on any atom is 0.236 e. The normalized spacial score (nSPS) is 17.6. The minimum Gasteiger partial charge on any atom is -0.444 e. The third-order valence-electron chi connectivity index (χ3n) is 4.32. The standard InChI is InChI=1S/C18H17N3O2S/c19-17(22)15-8-12-4-1-2-5-13(12)9-21(15)10-14-11-23-18(20-14)16-6-3-7-24-16/h1-7,11,15H,8-10H2,(H2,19,22)/t15-/m0/s1. The number of amides is 1. The number of thiophene rings is 1. The average molecular weight is 339 g/mol. The molecule has 1 atom stereocenters. The van der Waals surface area contributed by atoms with Crippen molar-refractivity contribution in [3.05, 3.63) is 64.9 Å². The van der Waals surface area contributed by atoms with Crippen LogP contribution in [0.25, 0.3) is 10.8 Å². The van der Waals surface area contributed by atoms with Crippen LogP contribution in [0.15, 0.2) is 52.5 Å². The number of hydrogen-bond acceptors (Lipinski definition) is 5. The van der Waals surface area contributed by atoms with E-state index in [0.29, 0.717) is 25.4 Å². The Labute approximate surface area is 143 Å². The lowest BCUT2D eigenvalue weighted by Crippen LogP contribution is -2.48. The second-order valence-corrected chi connectivity index (χ2v) is 6.86. The van der Waals surface area contributed by atoms with E-state index in [1.54, 1.807) is 17.6 Å². The molecule has 0 saturated carbocycles. The van der Waals surface area contributed by atoms with Crippen LogP contribution in [0, 0.1) is 0 Å². The molecule has 1 aliphatic heterocycles. The van der Waals surface area contributed by atoms with E-state index in [1.165, 1.54) is 11.1 Å². The van der Waals surface area contributed by atoms with E-state index in [1.807, 2.05) is 29.6 Å². The number of primary amides is 1. The number of hydrogen-bond donors (Lipinski definition) is 1. The first-order valence-corrected chi connectivity index (χ1v) is 8.67. The number of carbonyl (C=O) groups excluding carboxylic acids is 1. The molecule has 3 heterocycles. The van der Waals surface area contributed by atoms with Crippen molar-refractivity contribution in [3.63, 3.8) is 0 Å². The molecule has 1 amide bonds. The predicted octanol–water partition coefficient (Wildman–Crippen LogP) is 2.82. The zero-order valence-corrected chi connectivity index (χ0v) is 13.8. The van der Waals surface area contributed by atoms with Crippen molar-refractivity contribution in [2.75, 3.05) is 0 Å². The van der Waals surface area contributed by atoms with E-state index in [4.69, 9.17) is 10.2 Å². The van der Waals surface area contributed by atoms with Crippen molar-refractivity contribution >= 4 is 17.2 Å². The lowest BCUT2D eigenvalue weighted by atomic mass is 9.93. The highest BCUT2D eigenvalue weighted by Gasteiger charge is 2.30. The van der Waals surface area contributed by atoms with Crippen molar-refractivity contribution in [1.29, 1.82) is 0 Å². The second kappa shape index (κ2) is 6.22. The molecule has 4 rings (SSSR count). The number of rotatable bonds is 4. The van der Waals surface area contributed by atoms with Gasteiger partial charge in [0, 0.05) is 13.1 Å². The fourth-order valence-corrected chi connectivity index (χ4v) is 3.78. The lowest BCUT2D eigenvalue weighted by molar-refractivity contribution is -0.124. The summed E-state index contributed by atoms with van der Waals surface area (Å²) in [5.41, 5.74) is 8.86. The predicted molar refractivity (Wildman–Crippen MR) is 92.2 cm³/mol. The number of oxazole rings is 1. The summed E-state index contributed by atoms with van der Waals surface area (Å²) >= 11 is 1.59. The van der Waals surface area contributed by atoms with Crippen molar-refractivity contribution in [1.82, 2.24) is 9.88 Å². The molecule has 24 heavy (non-hydrogen) atoms. The first-order chi connectivity index (χ1) is 11.7. The van der Waals surface area contributed by atoms with Crippen LogP contribution in [0.4, 0.5) is 0 Å². The van der Waals surface area contributed by atoms with Gasteiger partial charge in [-0.15, -0.1) is 11.3 Å². The summed E-state index contributed by atoms with van der Waals surface area (Å²) < 4.78 is 5.57. The quantitative estimate of drug-likeness (QED) is 0.793. The van der Waals surface area contributed by atoms with Crippen molar-refractivity contribution in [2.24, 2.45) is 5.73 Å². The van der Waals surface area contributed by atoms with Crippen LogP contribution in [-0.4, -0.2) is 21.8 Å². The first-order valence-electron chi connectivity index (χ1n) is 7.79. The summed E-state index contributed by atoms with van der Waals surface area (Å²) in [6, 6.07) is 11.8. The van der Waals surface area contributed by atoms with Crippen LogP contribution in [0.3, 0.4) is 0 Å². The Hall–Kier alpha value is -2.44. The Kier molecular flexibility index (Phi) is 3.92. The summed E-state index contributed by atoms with van der Waals surface area (Å²) in [6.45, 7) is 1.22. The van der Waals surface area contributed by atoms with Gasteiger partial charge in [-0.1, -0.05) is 30.3 Å². The molecule has 0 spiro atoms. The van der Waals surface area contributed by atoms with Crippen molar-refractivity contribution in [2.45, 2.75) is 25.6 Å². The van der Waals surface area contributed by atoms with Gasteiger partial charge < -0.3 is 10.2 Å². The molecule has 0 saturated heterocycles. The number of nitrogens with zero attached hydrogens (tertiary/aromatic N) is 2. The average Bonchev–Trinajstić information content (AvgIpc) is 3.25. The van der Waals surface area contributed by atoms with Crippen molar-refractivity contribution in [3.8, 4) is 10.8 Å². The van der Waals surface area contributed by atoms with Crippen LogP contribution in [0.2, 0.25) is 0 Å². The maximum absolute atomic E-state index is 11.9. The Morgan fingerprint density at radius 2 is 2.12 bits per heavy atom. The molecule has 1 aliphatic rings. The molecule has 122 valence electrons. The molecular formula is C18H17N3O2S. The largest absolute Gasteiger partial charge is 0.444 e. The van der Waals surface area contributed by atoms with Gasteiger partial charge in [-0.05, 0) is 29.0 Å². The summed E-state index contributed by atoms with van der Waals surface area (Å²) in [5, 5.41) is 1.99. The third kappa shape index (κ3) is 2.86. The van der Waals surface area contributed by atoms with E-state index < -0.39 is 0 Å². The molecule has 1 aromatic carbocycles. The van der Waals surface area contributed by atoms with Gasteiger partial charge in [-0.2, -0.15) is 0 Å². The van der Waals surface area contributed by atoms with E-state index in [0.717, 1.165) is 10.6 Å². The Morgan fingerprint density at radius 1 is 1.29 bits per heavy atom. The van der Waals surface area contributed by atoms with Crippen molar-refractivity contribution < 1.29 is 9.21 Å². The molecule has 2 aromatic heterocycles. The molecule has 0 radical (unpaired) electrons. The molecule has 0 bridgehead atoms. The van der Waals surface area contributed by atoms with Gasteiger partial charge in [-0.25, -0.2) is 4.98 Å². The molecule has 5 nitrogen and oxygen atoms in total. The van der Waals surface area contributed by atoms with Gasteiger partial charge in [0.15, 0.2) is 0 Å². The molecule has 6 heteroatoms. The van der Waals surface area contributed by atoms with Gasteiger partial charge in [0.05, 0.1) is 16.6 Å². The van der Waals surface area contributed by atoms with Gasteiger partial charge in [0.25, 0.3) is 0 Å². The van der Waals surface area contributed by atoms with E-state index in [-0.39, 0.29) is 11.9 Å². The van der Waals surface area contributed by atoms with Crippen LogP contribution in [-0.2, 0) is 24.3 Å². The van der Waals surface area contributed by atoms with Crippen LogP contribution >= 0.6 is 11.3 Å². The molecule has 0 unspecified atom stereocenters. The number of aromatic nitrogens is 1. The second-order valence-electron chi connectivity index (χ2n) is 5.92. The molecule has 0 aliphatic carbocycles. The van der Waals surface area contributed by atoms with Crippen LogP contribution < -0.4 is 5.73 Å². The zero-order valence-electron chi connectivity index (χ0n) is 13.0. The molecule has 2 N–H and O–H groups in total. The zero-order chi connectivity index (χ0) is 16.5. The minimum absolute atomic E-state index is 0.300. The SMILES string of the molecule is NC(=O)[C@@H]1Cc2ccccc2CN1Cc1coc(-c2cccs2)n1. The van der Waals surface area contributed by atoms with Gasteiger partial charge in [0.1, 0.15) is 6.26 Å². The minimum atomic E-state index is -0.318. The number of fused-ring (bicyclic) bond motifs is 1. The number of benzene rings is 1. The van der Waals surface area contributed by atoms with Crippen LogP contribution in [0.1, 0.15) is 16.8 Å². The fourth-order valence-electron chi connectivity index (χ4n) is 3.13. The highest BCUT2D eigenvalue weighted by Crippen LogP contribution is 2.27. The fraction of sp³-hybridized carbons (Fsp3) is 0.222. The summed E-state index contributed by atoms with van der Waals surface area (Å²) in [5.74, 6) is 0.319. The summed E-state index contributed by atoms with van der Waals surface area (Å²) in [6.07, 6.45) is 2.30. The topological polar surface area (TPSA) is 72.4 Å². The monoisotopic (exact) mass is 339 g/mol. The Bertz CT molecular complexity index is 857. The lowest BCUT2D eigenvalue weighted by Gasteiger charge is -2.34. The van der Waals surface area contributed by atoms with Gasteiger partial charge in [-0.3, -0.25) is 9.69 Å². The Morgan fingerprint density at radius 3 is 2.88 bits per heavy atom. The summed E-state index contributed by atoms with van der Waals surface area (Å²) in [4.78, 5) is 19.5. The first kappa shape index (κ1) is 15.1. The molecule has 0 fully saturated rings. The highest BCUT2D eigenvalue weighted by atomic mass is 32.1.